The highest BCUT2D eigenvalue weighted by Gasteiger charge is 2.59. The van der Waals surface area contributed by atoms with Crippen molar-refractivity contribution in [1.82, 2.24) is 0 Å². The zero-order valence-corrected chi connectivity index (χ0v) is 16.6. The third-order valence-electron chi connectivity index (χ3n) is 8.11. The van der Waals surface area contributed by atoms with Crippen LogP contribution in [0.25, 0.3) is 0 Å². The summed E-state index contributed by atoms with van der Waals surface area (Å²) in [5.41, 5.74) is 1.67. The smallest absolute Gasteiger partial charge is 0.155 e. The van der Waals surface area contributed by atoms with Crippen molar-refractivity contribution in [2.45, 2.75) is 70.8 Å². The summed E-state index contributed by atoms with van der Waals surface area (Å²) in [6.45, 7) is 2.33. The van der Waals surface area contributed by atoms with Crippen LogP contribution in [-0.2, 0) is 4.79 Å². The lowest BCUT2D eigenvalue weighted by molar-refractivity contribution is -0.118. The van der Waals surface area contributed by atoms with Crippen molar-refractivity contribution < 1.29 is 9.90 Å². The van der Waals surface area contributed by atoms with Crippen LogP contribution in [0.2, 0.25) is 0 Å². The van der Waals surface area contributed by atoms with Gasteiger partial charge < -0.3 is 5.11 Å². The maximum Gasteiger partial charge on any atom is 0.155 e. The van der Waals surface area contributed by atoms with Gasteiger partial charge >= 0.3 is 0 Å². The zero-order valence-electron chi connectivity index (χ0n) is 14.5. The predicted molar refractivity (Wildman–Crippen MR) is 103 cm³/mol. The first-order chi connectivity index (χ1) is 11.5. The second-order valence-electron chi connectivity index (χ2n) is 8.79. The van der Waals surface area contributed by atoms with E-state index in [9.17, 15) is 9.90 Å². The van der Waals surface area contributed by atoms with Gasteiger partial charge in [0.1, 0.15) is 0 Å². The number of fused-ring (bicyclic) bond motifs is 5. The Morgan fingerprint density at radius 3 is 2.83 bits per heavy atom. The summed E-state index contributed by atoms with van der Waals surface area (Å²) < 4.78 is 3.08. The third-order valence-corrected chi connectivity index (χ3v) is 8.49. The Morgan fingerprint density at radius 2 is 2.04 bits per heavy atom. The molecule has 0 radical (unpaired) electrons. The summed E-state index contributed by atoms with van der Waals surface area (Å²) in [5.74, 6) is 5.72. The second kappa shape index (κ2) is 6.13. The minimum absolute atomic E-state index is 0.113. The molecular formula is C21H27IO2. The molecule has 3 fully saturated rings. The lowest BCUT2D eigenvalue weighted by Crippen LogP contribution is -2.52. The number of aliphatic hydroxyl groups excluding tert-OH is 1. The van der Waals surface area contributed by atoms with Crippen LogP contribution in [0.3, 0.4) is 0 Å². The number of hydrogen-bond acceptors (Lipinski definition) is 2. The van der Waals surface area contributed by atoms with Gasteiger partial charge in [0, 0.05) is 40.8 Å². The van der Waals surface area contributed by atoms with E-state index in [1.807, 2.05) is 6.08 Å². The van der Waals surface area contributed by atoms with Crippen LogP contribution in [0, 0.1) is 38.4 Å². The van der Waals surface area contributed by atoms with Gasteiger partial charge in [0.05, 0.1) is 6.10 Å². The molecule has 3 saturated carbocycles. The third kappa shape index (κ3) is 2.35. The van der Waals surface area contributed by atoms with E-state index in [4.69, 9.17) is 0 Å². The molecule has 3 heteroatoms. The number of carbonyl (C=O) groups is 1. The van der Waals surface area contributed by atoms with E-state index in [1.165, 1.54) is 24.8 Å². The summed E-state index contributed by atoms with van der Waals surface area (Å²) >= 11 is 2.14. The molecule has 0 amide bonds. The summed E-state index contributed by atoms with van der Waals surface area (Å²) in [7, 11) is 0. The molecule has 2 nitrogen and oxygen atoms in total. The van der Waals surface area contributed by atoms with Gasteiger partial charge in [0.15, 0.2) is 5.78 Å². The van der Waals surface area contributed by atoms with Gasteiger partial charge in [-0.15, -0.1) is 0 Å². The minimum atomic E-state index is -0.113. The predicted octanol–water partition coefficient (Wildman–Crippen LogP) is 4.65. The Kier molecular flexibility index (Phi) is 4.36. The average Bonchev–Trinajstić information content (AvgIpc) is 2.88. The van der Waals surface area contributed by atoms with Crippen LogP contribution in [0.15, 0.2) is 11.6 Å². The molecule has 0 bridgehead atoms. The first kappa shape index (κ1) is 17.1. The first-order valence-corrected chi connectivity index (χ1v) is 10.6. The lowest BCUT2D eigenvalue weighted by Gasteiger charge is -2.58. The molecule has 4 aliphatic carbocycles. The number of rotatable bonds is 1. The largest absolute Gasteiger partial charge is 0.393 e. The molecule has 0 aromatic carbocycles. The fraction of sp³-hybridized carbons (Fsp3) is 0.762. The van der Waals surface area contributed by atoms with E-state index in [0.29, 0.717) is 30.0 Å². The molecule has 4 rings (SSSR count). The Labute approximate surface area is 159 Å². The van der Waals surface area contributed by atoms with E-state index in [1.54, 1.807) is 0 Å². The number of ketones is 1. The van der Waals surface area contributed by atoms with Gasteiger partial charge in [0.2, 0.25) is 0 Å². The highest BCUT2D eigenvalue weighted by atomic mass is 127. The highest BCUT2D eigenvalue weighted by molar-refractivity contribution is 14.1. The number of carbonyl (C=O) groups excluding carboxylic acids is 1. The molecule has 130 valence electrons. The quantitative estimate of drug-likeness (QED) is 0.478. The Balaban J connectivity index is 1.73. The van der Waals surface area contributed by atoms with Gasteiger partial charge in [0.25, 0.3) is 0 Å². The van der Waals surface area contributed by atoms with E-state index in [0.717, 1.165) is 32.1 Å². The topological polar surface area (TPSA) is 37.3 Å². The normalized spacial score (nSPS) is 47.0. The van der Waals surface area contributed by atoms with Gasteiger partial charge in [-0.3, -0.25) is 4.79 Å². The molecule has 0 heterocycles. The van der Waals surface area contributed by atoms with Gasteiger partial charge in [-0.05, 0) is 78.1 Å². The van der Waals surface area contributed by atoms with E-state index in [-0.39, 0.29) is 16.9 Å². The molecule has 6 atom stereocenters. The molecule has 0 saturated heterocycles. The molecule has 24 heavy (non-hydrogen) atoms. The van der Waals surface area contributed by atoms with Gasteiger partial charge in [-0.25, -0.2) is 0 Å². The minimum Gasteiger partial charge on any atom is -0.393 e. The fourth-order valence-corrected chi connectivity index (χ4v) is 7.05. The van der Waals surface area contributed by atoms with Crippen LogP contribution in [-0.4, -0.2) is 17.0 Å². The van der Waals surface area contributed by atoms with Crippen molar-refractivity contribution in [2.24, 2.45) is 28.6 Å². The summed E-state index contributed by atoms with van der Waals surface area (Å²) in [6.07, 6.45) is 11.2. The fourth-order valence-electron chi connectivity index (χ4n) is 6.86. The van der Waals surface area contributed by atoms with Crippen molar-refractivity contribution in [3.8, 4) is 9.85 Å². The van der Waals surface area contributed by atoms with E-state index >= 15 is 0 Å². The van der Waals surface area contributed by atoms with Crippen molar-refractivity contribution in [2.75, 3.05) is 0 Å². The highest BCUT2D eigenvalue weighted by Crippen LogP contribution is 2.66. The van der Waals surface area contributed by atoms with Crippen LogP contribution in [0.4, 0.5) is 0 Å². The van der Waals surface area contributed by atoms with Gasteiger partial charge in [-0.1, -0.05) is 18.4 Å². The van der Waals surface area contributed by atoms with Crippen LogP contribution >= 0.6 is 22.6 Å². The van der Waals surface area contributed by atoms with Crippen LogP contribution in [0.5, 0.6) is 0 Å². The van der Waals surface area contributed by atoms with Crippen molar-refractivity contribution in [3.63, 3.8) is 0 Å². The second-order valence-corrected chi connectivity index (χ2v) is 9.33. The first-order valence-electron chi connectivity index (χ1n) is 9.52. The molecular weight excluding hydrogens is 411 g/mol. The monoisotopic (exact) mass is 438 g/mol. The lowest BCUT2D eigenvalue weighted by atomic mass is 9.46. The maximum atomic E-state index is 12.0. The number of aliphatic hydroxyl groups is 1. The number of hydrogen-bond donors (Lipinski definition) is 1. The molecule has 0 aromatic heterocycles. The van der Waals surface area contributed by atoms with E-state index in [2.05, 4.69) is 39.4 Å². The molecule has 0 aromatic rings. The molecule has 0 unspecified atom stereocenters. The number of halogens is 1. The Hall–Kier alpha value is -0.340. The van der Waals surface area contributed by atoms with Crippen LogP contribution < -0.4 is 0 Å². The molecule has 0 aliphatic heterocycles. The summed E-state index contributed by atoms with van der Waals surface area (Å²) in [6, 6.07) is 0. The summed E-state index contributed by atoms with van der Waals surface area (Å²) in [4.78, 5) is 12.0. The standard InChI is InChI=1S/C21H27IO2/c1-20-10-8-18-16(17(20)5-6-19(20)24)4-3-14-13-15(23)7-11-21(14,18)9-2-12-22/h13,16-19,24H,3-11H2,1H3/t16-,17-,18-,19-,20-,21-/m0/s1. The van der Waals surface area contributed by atoms with E-state index < -0.39 is 0 Å². The SMILES string of the molecule is C[C@]12CC[C@H]3[C@@H](CCC4=CC(=O)CC[C@@]43CC#CI)[C@@H]1CC[C@@H]2O. The Morgan fingerprint density at radius 1 is 1.21 bits per heavy atom. The Bertz CT molecular complexity index is 642. The van der Waals surface area contributed by atoms with Crippen molar-refractivity contribution in [1.29, 1.82) is 0 Å². The van der Waals surface area contributed by atoms with Gasteiger partial charge in [-0.2, -0.15) is 0 Å². The molecule has 1 N–H and O–H groups in total. The van der Waals surface area contributed by atoms with Crippen molar-refractivity contribution in [3.05, 3.63) is 11.6 Å². The van der Waals surface area contributed by atoms with Crippen molar-refractivity contribution >= 4 is 28.4 Å². The maximum absolute atomic E-state index is 12.0. The molecule has 4 aliphatic rings. The molecule has 0 spiro atoms. The zero-order chi connectivity index (χ0) is 16.9. The summed E-state index contributed by atoms with van der Waals surface area (Å²) in [5, 5.41) is 10.6. The number of allylic oxidation sites excluding steroid dienone is 1. The average molecular weight is 438 g/mol. The van der Waals surface area contributed by atoms with Crippen LogP contribution in [0.1, 0.15) is 64.7 Å².